The Morgan fingerprint density at radius 1 is 1.27 bits per heavy atom. The van der Waals surface area contributed by atoms with E-state index in [4.69, 9.17) is 4.52 Å². The quantitative estimate of drug-likeness (QED) is 0.816. The van der Waals surface area contributed by atoms with Crippen LogP contribution in [-0.4, -0.2) is 40.3 Å². The molecule has 0 radical (unpaired) electrons. The average Bonchev–Trinajstić information content (AvgIpc) is 2.94. The predicted molar refractivity (Wildman–Crippen MR) is 90.9 cm³/mol. The Morgan fingerprint density at radius 2 is 1.92 bits per heavy atom. The maximum atomic E-state index is 13.3. The highest BCUT2D eigenvalue weighted by Gasteiger charge is 2.43. The first-order valence-electron chi connectivity index (χ1n) is 9.24. The molecule has 2 heterocycles. The fourth-order valence-corrected chi connectivity index (χ4v) is 3.55. The molecule has 1 aromatic heterocycles. The number of Topliss-reactive ketones (excluding diaryl/α,β-unsaturated/α-hetero) is 1. The standard InChI is InChI=1S/C19H26F2N2O3/c1-18(2,3)16-11-13(22-26-16)10-15(24)14-6-9-23(14)17(25)12-4-7-19(20,21)8-5-12/h11-12,14H,4-10H2,1-3H3/t14-/m0/s1. The average molecular weight is 368 g/mol. The molecule has 1 saturated carbocycles. The van der Waals surface area contributed by atoms with Gasteiger partial charge in [-0.25, -0.2) is 8.78 Å². The van der Waals surface area contributed by atoms with Gasteiger partial charge in [-0.2, -0.15) is 0 Å². The predicted octanol–water partition coefficient (Wildman–Crippen LogP) is 3.51. The van der Waals surface area contributed by atoms with E-state index in [1.54, 1.807) is 11.0 Å². The molecule has 1 aliphatic heterocycles. The molecule has 144 valence electrons. The molecule has 5 nitrogen and oxygen atoms in total. The largest absolute Gasteiger partial charge is 0.361 e. The molecule has 7 heteroatoms. The molecule has 1 atom stereocenters. The number of hydrogen-bond donors (Lipinski definition) is 0. The van der Waals surface area contributed by atoms with Crippen LogP contribution in [0.25, 0.3) is 0 Å². The summed E-state index contributed by atoms with van der Waals surface area (Å²) in [4.78, 5) is 26.7. The summed E-state index contributed by atoms with van der Waals surface area (Å²) >= 11 is 0. The molecule has 0 spiro atoms. The first-order valence-corrected chi connectivity index (χ1v) is 9.24. The summed E-state index contributed by atoms with van der Waals surface area (Å²) in [5.74, 6) is -2.55. The molecule has 26 heavy (non-hydrogen) atoms. The first-order chi connectivity index (χ1) is 12.1. The molecular formula is C19H26F2N2O3. The Bertz CT molecular complexity index is 683. The van der Waals surface area contributed by atoms with Gasteiger partial charge in [0, 0.05) is 36.8 Å². The van der Waals surface area contributed by atoms with E-state index in [0.29, 0.717) is 24.4 Å². The number of rotatable bonds is 4. The normalized spacial score (nSPS) is 23.6. The van der Waals surface area contributed by atoms with Crippen LogP contribution in [0, 0.1) is 5.92 Å². The summed E-state index contributed by atoms with van der Waals surface area (Å²) in [6.45, 7) is 6.52. The zero-order valence-corrected chi connectivity index (χ0v) is 15.6. The summed E-state index contributed by atoms with van der Waals surface area (Å²) in [5.41, 5.74) is 0.382. The Balaban J connectivity index is 1.57. The van der Waals surface area contributed by atoms with Crippen LogP contribution < -0.4 is 0 Å². The lowest BCUT2D eigenvalue weighted by Crippen LogP contribution is -2.57. The van der Waals surface area contributed by atoms with Gasteiger partial charge in [-0.3, -0.25) is 9.59 Å². The van der Waals surface area contributed by atoms with E-state index in [1.165, 1.54) is 0 Å². The SMILES string of the molecule is CC(C)(C)c1cc(CC(=O)[C@@H]2CCN2C(=O)C2CCC(F)(F)CC2)no1. The monoisotopic (exact) mass is 368 g/mol. The molecule has 0 aromatic carbocycles. The van der Waals surface area contributed by atoms with Crippen LogP contribution in [-0.2, 0) is 21.4 Å². The lowest BCUT2D eigenvalue weighted by atomic mass is 9.84. The topological polar surface area (TPSA) is 63.4 Å². The van der Waals surface area contributed by atoms with Gasteiger partial charge in [0.2, 0.25) is 11.8 Å². The Morgan fingerprint density at radius 3 is 2.42 bits per heavy atom. The minimum absolute atomic E-state index is 0.0699. The minimum Gasteiger partial charge on any atom is -0.361 e. The van der Waals surface area contributed by atoms with E-state index in [0.717, 1.165) is 0 Å². The number of carbonyl (C=O) groups excluding carboxylic acids is 2. The Labute approximate surface area is 152 Å². The molecular weight excluding hydrogens is 342 g/mol. The van der Waals surface area contributed by atoms with Crippen molar-refractivity contribution < 1.29 is 22.9 Å². The maximum Gasteiger partial charge on any atom is 0.248 e. The summed E-state index contributed by atoms with van der Waals surface area (Å²) in [7, 11) is 0. The van der Waals surface area contributed by atoms with Crippen molar-refractivity contribution in [1.82, 2.24) is 10.1 Å². The lowest BCUT2D eigenvalue weighted by molar-refractivity contribution is -0.152. The molecule has 0 unspecified atom stereocenters. The van der Waals surface area contributed by atoms with Crippen LogP contribution >= 0.6 is 0 Å². The number of halogens is 2. The van der Waals surface area contributed by atoms with E-state index in [2.05, 4.69) is 5.16 Å². The molecule has 0 bridgehead atoms. The van der Waals surface area contributed by atoms with Gasteiger partial charge in [0.15, 0.2) is 5.78 Å². The van der Waals surface area contributed by atoms with Crippen molar-refractivity contribution in [3.05, 3.63) is 17.5 Å². The molecule has 1 aromatic rings. The van der Waals surface area contributed by atoms with Crippen LogP contribution in [0.15, 0.2) is 10.6 Å². The van der Waals surface area contributed by atoms with Crippen molar-refractivity contribution in [3.63, 3.8) is 0 Å². The summed E-state index contributed by atoms with van der Waals surface area (Å²) in [5, 5.41) is 3.96. The van der Waals surface area contributed by atoms with Gasteiger partial charge >= 0.3 is 0 Å². The van der Waals surface area contributed by atoms with Gasteiger partial charge < -0.3 is 9.42 Å². The second-order valence-electron chi connectivity index (χ2n) is 8.54. The highest BCUT2D eigenvalue weighted by Crippen LogP contribution is 2.38. The van der Waals surface area contributed by atoms with E-state index in [1.807, 2.05) is 20.8 Å². The Kier molecular flexibility index (Phi) is 4.92. The van der Waals surface area contributed by atoms with Crippen LogP contribution in [0.1, 0.15) is 64.3 Å². The van der Waals surface area contributed by atoms with E-state index in [-0.39, 0.29) is 55.1 Å². The maximum absolute atomic E-state index is 13.3. The molecule has 1 saturated heterocycles. The van der Waals surface area contributed by atoms with Crippen molar-refractivity contribution in [2.24, 2.45) is 5.92 Å². The number of hydrogen-bond acceptors (Lipinski definition) is 4. The van der Waals surface area contributed by atoms with Gasteiger partial charge in [-0.1, -0.05) is 25.9 Å². The number of likely N-dealkylation sites (tertiary alicyclic amines) is 1. The van der Waals surface area contributed by atoms with E-state index >= 15 is 0 Å². The zero-order valence-electron chi connectivity index (χ0n) is 15.6. The summed E-state index contributed by atoms with van der Waals surface area (Å²) in [6, 6.07) is 1.33. The lowest BCUT2D eigenvalue weighted by Gasteiger charge is -2.42. The van der Waals surface area contributed by atoms with Gasteiger partial charge in [-0.05, 0) is 19.3 Å². The second kappa shape index (κ2) is 6.74. The molecule has 1 amide bonds. The van der Waals surface area contributed by atoms with E-state index in [9.17, 15) is 18.4 Å². The number of carbonyl (C=O) groups is 2. The van der Waals surface area contributed by atoms with Crippen molar-refractivity contribution in [1.29, 1.82) is 0 Å². The van der Waals surface area contributed by atoms with Gasteiger partial charge in [0.05, 0.1) is 18.2 Å². The number of aromatic nitrogens is 1. The fourth-order valence-electron chi connectivity index (χ4n) is 3.55. The summed E-state index contributed by atoms with van der Waals surface area (Å²) < 4.78 is 31.8. The summed E-state index contributed by atoms with van der Waals surface area (Å²) in [6.07, 6.45) is 0.645. The molecule has 2 fully saturated rings. The van der Waals surface area contributed by atoms with Crippen LogP contribution in [0.5, 0.6) is 0 Å². The highest BCUT2D eigenvalue weighted by molar-refractivity contribution is 5.92. The van der Waals surface area contributed by atoms with Gasteiger partial charge in [0.25, 0.3) is 0 Å². The molecule has 0 N–H and O–H groups in total. The van der Waals surface area contributed by atoms with Crippen molar-refractivity contribution in [2.45, 2.75) is 76.7 Å². The van der Waals surface area contributed by atoms with Crippen molar-refractivity contribution in [3.8, 4) is 0 Å². The minimum atomic E-state index is -2.65. The van der Waals surface area contributed by atoms with Crippen LogP contribution in [0.3, 0.4) is 0 Å². The third-order valence-electron chi connectivity index (χ3n) is 5.39. The fraction of sp³-hybridized carbons (Fsp3) is 0.737. The molecule has 2 aliphatic rings. The van der Waals surface area contributed by atoms with Gasteiger partial charge in [0.1, 0.15) is 5.76 Å². The van der Waals surface area contributed by atoms with Crippen molar-refractivity contribution in [2.75, 3.05) is 6.54 Å². The first kappa shape index (κ1) is 19.0. The number of ketones is 1. The number of amides is 1. The number of nitrogens with zero attached hydrogens (tertiary/aromatic N) is 2. The zero-order chi connectivity index (χ0) is 19.1. The van der Waals surface area contributed by atoms with Crippen LogP contribution in [0.4, 0.5) is 8.78 Å². The van der Waals surface area contributed by atoms with Gasteiger partial charge in [-0.15, -0.1) is 0 Å². The van der Waals surface area contributed by atoms with Crippen LogP contribution in [0.2, 0.25) is 0 Å². The number of alkyl halides is 2. The van der Waals surface area contributed by atoms with Crippen molar-refractivity contribution >= 4 is 11.7 Å². The molecule has 3 rings (SSSR count). The smallest absolute Gasteiger partial charge is 0.248 e. The van der Waals surface area contributed by atoms with E-state index < -0.39 is 12.0 Å². The Hall–Kier alpha value is -1.79. The third-order valence-corrected chi connectivity index (χ3v) is 5.39. The second-order valence-corrected chi connectivity index (χ2v) is 8.54. The third kappa shape index (κ3) is 3.96. The molecule has 1 aliphatic carbocycles. The highest BCUT2D eigenvalue weighted by atomic mass is 19.3.